The number of nitrogens with zero attached hydrogens (tertiary/aromatic N) is 1. The van der Waals surface area contributed by atoms with Gasteiger partial charge in [-0.05, 0) is 57.3 Å². The summed E-state index contributed by atoms with van der Waals surface area (Å²) in [6, 6.07) is 8.27. The van der Waals surface area contributed by atoms with Crippen molar-refractivity contribution in [2.75, 3.05) is 20.1 Å². The van der Waals surface area contributed by atoms with E-state index in [-0.39, 0.29) is 0 Å². The Balaban J connectivity index is 1.61. The Morgan fingerprint density at radius 3 is 3.00 bits per heavy atom. The van der Waals surface area contributed by atoms with Crippen molar-refractivity contribution in [2.24, 2.45) is 0 Å². The van der Waals surface area contributed by atoms with Crippen LogP contribution in [0, 0.1) is 6.92 Å². The Bertz CT molecular complexity index is 441. The van der Waals surface area contributed by atoms with Crippen molar-refractivity contribution >= 4 is 0 Å². The molecule has 0 radical (unpaired) electrons. The van der Waals surface area contributed by atoms with Crippen LogP contribution in [0.2, 0.25) is 0 Å². The van der Waals surface area contributed by atoms with Crippen LogP contribution in [0.25, 0.3) is 0 Å². The summed E-state index contributed by atoms with van der Waals surface area (Å²) in [5.41, 5.74) is 4.50. The van der Waals surface area contributed by atoms with E-state index in [9.17, 15) is 0 Å². The number of fused-ring (bicyclic) bond motifs is 1. The number of aryl methyl sites for hydroxylation is 2. The normalized spacial score (nSPS) is 27.5. The molecule has 104 valence electrons. The minimum absolute atomic E-state index is 0.588. The molecule has 0 saturated carbocycles. The van der Waals surface area contributed by atoms with Gasteiger partial charge in [-0.2, -0.15) is 0 Å². The van der Waals surface area contributed by atoms with Crippen LogP contribution in [0.3, 0.4) is 0 Å². The molecule has 0 aromatic heterocycles. The molecule has 3 rings (SSSR count). The van der Waals surface area contributed by atoms with Crippen molar-refractivity contribution in [2.45, 2.75) is 51.1 Å². The van der Waals surface area contributed by atoms with E-state index >= 15 is 0 Å². The van der Waals surface area contributed by atoms with Crippen LogP contribution >= 0.6 is 0 Å². The Labute approximate surface area is 117 Å². The van der Waals surface area contributed by atoms with Gasteiger partial charge in [0.25, 0.3) is 0 Å². The van der Waals surface area contributed by atoms with E-state index in [4.69, 9.17) is 0 Å². The van der Waals surface area contributed by atoms with Gasteiger partial charge < -0.3 is 10.2 Å². The van der Waals surface area contributed by atoms with Crippen LogP contribution in [0.4, 0.5) is 0 Å². The summed E-state index contributed by atoms with van der Waals surface area (Å²) >= 11 is 0. The molecule has 1 aliphatic carbocycles. The Hall–Kier alpha value is -0.860. The summed E-state index contributed by atoms with van der Waals surface area (Å²) in [4.78, 5) is 2.53. The highest BCUT2D eigenvalue weighted by molar-refractivity contribution is 5.37. The quantitative estimate of drug-likeness (QED) is 0.896. The fraction of sp³-hybridized carbons (Fsp3) is 0.647. The summed E-state index contributed by atoms with van der Waals surface area (Å²) in [5.74, 6) is 0. The van der Waals surface area contributed by atoms with Gasteiger partial charge in [0.15, 0.2) is 0 Å². The third-order valence-electron chi connectivity index (χ3n) is 4.90. The van der Waals surface area contributed by atoms with Crippen molar-refractivity contribution in [3.8, 4) is 0 Å². The van der Waals surface area contributed by atoms with Gasteiger partial charge in [-0.1, -0.05) is 30.2 Å². The van der Waals surface area contributed by atoms with Crippen LogP contribution < -0.4 is 5.32 Å². The van der Waals surface area contributed by atoms with Gasteiger partial charge in [0, 0.05) is 18.6 Å². The fourth-order valence-corrected chi connectivity index (χ4v) is 3.61. The van der Waals surface area contributed by atoms with Crippen molar-refractivity contribution in [3.63, 3.8) is 0 Å². The zero-order chi connectivity index (χ0) is 13.2. The van der Waals surface area contributed by atoms with E-state index in [1.54, 1.807) is 11.1 Å². The molecular formula is C17H26N2. The maximum absolute atomic E-state index is 3.82. The molecule has 1 heterocycles. The second kappa shape index (κ2) is 5.64. The van der Waals surface area contributed by atoms with E-state index in [1.807, 2.05) is 0 Å². The summed E-state index contributed by atoms with van der Waals surface area (Å²) in [6.45, 7) is 4.62. The molecule has 0 bridgehead atoms. The van der Waals surface area contributed by atoms with Crippen LogP contribution in [-0.4, -0.2) is 31.1 Å². The molecule has 1 aromatic carbocycles. The number of benzene rings is 1. The maximum atomic E-state index is 3.82. The van der Waals surface area contributed by atoms with Crippen LogP contribution in [0.15, 0.2) is 18.2 Å². The SMILES string of the molecule is Cc1ccc2c(c1)C(NCC1CCCCN1C)CC2. The summed E-state index contributed by atoms with van der Waals surface area (Å²) in [7, 11) is 2.28. The number of hydrogen-bond donors (Lipinski definition) is 1. The van der Waals surface area contributed by atoms with E-state index in [0.29, 0.717) is 6.04 Å². The molecule has 2 unspecified atom stereocenters. The van der Waals surface area contributed by atoms with Gasteiger partial charge >= 0.3 is 0 Å². The first-order chi connectivity index (χ1) is 9.24. The number of likely N-dealkylation sites (tertiary alicyclic amines) is 1. The first-order valence-corrected chi connectivity index (χ1v) is 7.77. The third-order valence-corrected chi connectivity index (χ3v) is 4.90. The highest BCUT2D eigenvalue weighted by Gasteiger charge is 2.24. The number of nitrogens with one attached hydrogen (secondary N) is 1. The average molecular weight is 258 g/mol. The topological polar surface area (TPSA) is 15.3 Å². The lowest BCUT2D eigenvalue weighted by Crippen LogP contribution is -2.43. The molecule has 1 aliphatic heterocycles. The van der Waals surface area contributed by atoms with E-state index < -0.39 is 0 Å². The highest BCUT2D eigenvalue weighted by atomic mass is 15.2. The van der Waals surface area contributed by atoms with Crippen LogP contribution in [-0.2, 0) is 6.42 Å². The first-order valence-electron chi connectivity index (χ1n) is 7.77. The standard InChI is InChI=1S/C17H26N2/c1-13-6-7-14-8-9-17(16(14)11-13)18-12-15-5-3-4-10-19(15)2/h6-7,11,15,17-18H,3-5,8-10,12H2,1-2H3. The van der Waals surface area contributed by atoms with Gasteiger partial charge in [0.05, 0.1) is 0 Å². The molecule has 2 heteroatoms. The first kappa shape index (κ1) is 13.1. The average Bonchev–Trinajstić information content (AvgIpc) is 2.80. The number of hydrogen-bond acceptors (Lipinski definition) is 2. The minimum atomic E-state index is 0.588. The van der Waals surface area contributed by atoms with Crippen molar-refractivity contribution in [1.82, 2.24) is 10.2 Å². The highest BCUT2D eigenvalue weighted by Crippen LogP contribution is 2.31. The summed E-state index contributed by atoms with van der Waals surface area (Å²) in [6.07, 6.45) is 6.65. The lowest BCUT2D eigenvalue weighted by atomic mass is 10.0. The Morgan fingerprint density at radius 2 is 2.16 bits per heavy atom. The largest absolute Gasteiger partial charge is 0.308 e. The van der Waals surface area contributed by atoms with Gasteiger partial charge in [-0.15, -0.1) is 0 Å². The number of piperidine rings is 1. The second-order valence-electron chi connectivity index (χ2n) is 6.33. The van der Waals surface area contributed by atoms with Crippen LogP contribution in [0.5, 0.6) is 0 Å². The Kier molecular flexibility index (Phi) is 3.90. The second-order valence-corrected chi connectivity index (χ2v) is 6.33. The lowest BCUT2D eigenvalue weighted by Gasteiger charge is -2.33. The molecule has 1 saturated heterocycles. The van der Waals surface area contributed by atoms with Crippen molar-refractivity contribution in [1.29, 1.82) is 0 Å². The van der Waals surface area contributed by atoms with Gasteiger partial charge in [0.1, 0.15) is 0 Å². The molecule has 2 aliphatic rings. The molecule has 0 spiro atoms. The molecular weight excluding hydrogens is 232 g/mol. The monoisotopic (exact) mass is 258 g/mol. The summed E-state index contributed by atoms with van der Waals surface area (Å²) < 4.78 is 0. The Morgan fingerprint density at radius 1 is 1.26 bits per heavy atom. The van der Waals surface area contributed by atoms with Crippen molar-refractivity contribution < 1.29 is 0 Å². The minimum Gasteiger partial charge on any atom is -0.308 e. The van der Waals surface area contributed by atoms with Crippen molar-refractivity contribution in [3.05, 3.63) is 34.9 Å². The number of likely N-dealkylation sites (N-methyl/N-ethyl adjacent to an activating group) is 1. The zero-order valence-electron chi connectivity index (χ0n) is 12.3. The lowest BCUT2D eigenvalue weighted by molar-refractivity contribution is 0.177. The molecule has 2 nitrogen and oxygen atoms in total. The maximum Gasteiger partial charge on any atom is 0.0326 e. The van der Waals surface area contributed by atoms with Gasteiger partial charge in [0.2, 0.25) is 0 Å². The molecule has 1 aromatic rings. The number of rotatable bonds is 3. The fourth-order valence-electron chi connectivity index (χ4n) is 3.61. The molecule has 1 N–H and O–H groups in total. The predicted octanol–water partition coefficient (Wildman–Crippen LogP) is 3.06. The molecule has 19 heavy (non-hydrogen) atoms. The molecule has 2 atom stereocenters. The molecule has 1 fully saturated rings. The smallest absolute Gasteiger partial charge is 0.0326 e. The van der Waals surface area contributed by atoms with Crippen LogP contribution in [0.1, 0.15) is 48.4 Å². The van der Waals surface area contributed by atoms with E-state index in [0.717, 1.165) is 12.6 Å². The van der Waals surface area contributed by atoms with E-state index in [1.165, 1.54) is 44.2 Å². The third kappa shape index (κ3) is 2.85. The zero-order valence-corrected chi connectivity index (χ0v) is 12.3. The molecule has 0 amide bonds. The van der Waals surface area contributed by atoms with Gasteiger partial charge in [-0.3, -0.25) is 0 Å². The van der Waals surface area contributed by atoms with Gasteiger partial charge in [-0.25, -0.2) is 0 Å². The van der Waals surface area contributed by atoms with E-state index in [2.05, 4.69) is 42.4 Å². The predicted molar refractivity (Wildman–Crippen MR) is 80.5 cm³/mol. The summed E-state index contributed by atoms with van der Waals surface area (Å²) in [5, 5.41) is 3.82.